The van der Waals surface area contributed by atoms with Gasteiger partial charge in [-0.15, -0.1) is 0 Å². The number of para-hydroxylation sites is 1. The SMILES string of the molecule is CN(C(=O)Nc1ccccc1)c1ccc2c(c1)OCO2. The minimum atomic E-state index is -0.213. The largest absolute Gasteiger partial charge is 0.454 e. The number of hydrogen-bond acceptors (Lipinski definition) is 3. The third-order valence-corrected chi connectivity index (χ3v) is 3.07. The molecule has 0 aliphatic carbocycles. The summed E-state index contributed by atoms with van der Waals surface area (Å²) in [5, 5.41) is 2.82. The number of rotatable bonds is 2. The molecular formula is C15H14N2O3. The molecule has 0 unspecified atom stereocenters. The number of anilines is 2. The molecule has 5 heteroatoms. The Morgan fingerprint density at radius 3 is 2.65 bits per heavy atom. The third-order valence-electron chi connectivity index (χ3n) is 3.07. The molecular weight excluding hydrogens is 256 g/mol. The topological polar surface area (TPSA) is 50.8 Å². The van der Waals surface area contributed by atoms with Gasteiger partial charge in [-0.2, -0.15) is 0 Å². The number of benzene rings is 2. The number of hydrogen-bond donors (Lipinski definition) is 1. The first-order valence-electron chi connectivity index (χ1n) is 6.23. The van der Waals surface area contributed by atoms with Crippen LogP contribution in [-0.2, 0) is 0 Å². The fraction of sp³-hybridized carbons (Fsp3) is 0.133. The number of carbonyl (C=O) groups is 1. The second-order valence-corrected chi connectivity index (χ2v) is 4.39. The second kappa shape index (κ2) is 5.13. The highest BCUT2D eigenvalue weighted by molar-refractivity contribution is 6.01. The number of urea groups is 1. The molecule has 5 nitrogen and oxygen atoms in total. The van der Waals surface area contributed by atoms with Gasteiger partial charge in [0.15, 0.2) is 11.5 Å². The molecule has 0 spiro atoms. The van der Waals surface area contributed by atoms with Crippen LogP contribution in [-0.4, -0.2) is 19.9 Å². The minimum absolute atomic E-state index is 0.213. The van der Waals surface area contributed by atoms with E-state index in [1.54, 1.807) is 19.2 Å². The van der Waals surface area contributed by atoms with Crippen molar-refractivity contribution < 1.29 is 14.3 Å². The summed E-state index contributed by atoms with van der Waals surface area (Å²) in [5.74, 6) is 1.35. The van der Waals surface area contributed by atoms with Crippen molar-refractivity contribution in [3.8, 4) is 11.5 Å². The molecule has 2 amide bonds. The van der Waals surface area contributed by atoms with Crippen molar-refractivity contribution in [3.63, 3.8) is 0 Å². The van der Waals surface area contributed by atoms with E-state index in [0.29, 0.717) is 11.5 Å². The van der Waals surface area contributed by atoms with Gasteiger partial charge in [0.05, 0.1) is 0 Å². The lowest BCUT2D eigenvalue weighted by Crippen LogP contribution is -2.31. The van der Waals surface area contributed by atoms with Gasteiger partial charge in [-0.25, -0.2) is 4.79 Å². The lowest BCUT2D eigenvalue weighted by atomic mass is 10.2. The molecule has 3 rings (SSSR count). The van der Waals surface area contributed by atoms with E-state index >= 15 is 0 Å². The molecule has 0 aromatic heterocycles. The van der Waals surface area contributed by atoms with Crippen LogP contribution < -0.4 is 19.7 Å². The highest BCUT2D eigenvalue weighted by Gasteiger charge is 2.17. The number of nitrogens with zero attached hydrogens (tertiary/aromatic N) is 1. The number of nitrogens with one attached hydrogen (secondary N) is 1. The maximum absolute atomic E-state index is 12.2. The summed E-state index contributed by atoms with van der Waals surface area (Å²) in [7, 11) is 1.70. The van der Waals surface area contributed by atoms with Gasteiger partial charge in [0.1, 0.15) is 0 Å². The molecule has 1 N–H and O–H groups in total. The molecule has 0 atom stereocenters. The second-order valence-electron chi connectivity index (χ2n) is 4.39. The Bertz CT molecular complexity index is 628. The van der Waals surface area contributed by atoms with Crippen LogP contribution in [0.4, 0.5) is 16.2 Å². The number of amides is 2. The Balaban J connectivity index is 1.75. The third kappa shape index (κ3) is 2.38. The van der Waals surface area contributed by atoms with Gasteiger partial charge in [0.25, 0.3) is 0 Å². The number of ether oxygens (including phenoxy) is 2. The maximum atomic E-state index is 12.2. The van der Waals surface area contributed by atoms with Gasteiger partial charge in [-0.1, -0.05) is 18.2 Å². The Labute approximate surface area is 116 Å². The highest BCUT2D eigenvalue weighted by Crippen LogP contribution is 2.35. The van der Waals surface area contributed by atoms with E-state index in [2.05, 4.69) is 5.32 Å². The standard InChI is InChI=1S/C15H14N2O3/c1-17(15(18)16-11-5-3-2-4-6-11)12-7-8-13-14(9-12)20-10-19-13/h2-9H,10H2,1H3,(H,16,18). The van der Waals surface area contributed by atoms with Crippen LogP contribution in [0.1, 0.15) is 0 Å². The summed E-state index contributed by atoms with van der Waals surface area (Å²) >= 11 is 0. The van der Waals surface area contributed by atoms with Crippen molar-refractivity contribution in [3.05, 3.63) is 48.5 Å². The summed E-state index contributed by atoms with van der Waals surface area (Å²) in [5.41, 5.74) is 1.49. The molecule has 1 heterocycles. The Hall–Kier alpha value is -2.69. The molecule has 20 heavy (non-hydrogen) atoms. The zero-order valence-corrected chi connectivity index (χ0v) is 11.0. The Kier molecular flexibility index (Phi) is 3.16. The monoisotopic (exact) mass is 270 g/mol. The molecule has 102 valence electrons. The highest BCUT2D eigenvalue weighted by atomic mass is 16.7. The van der Waals surface area contributed by atoms with Crippen LogP contribution in [0.25, 0.3) is 0 Å². The zero-order valence-electron chi connectivity index (χ0n) is 11.0. The van der Waals surface area contributed by atoms with Gasteiger partial charge in [0.2, 0.25) is 6.79 Å². The number of fused-ring (bicyclic) bond motifs is 1. The van der Waals surface area contributed by atoms with Crippen molar-refractivity contribution >= 4 is 17.4 Å². The van der Waals surface area contributed by atoms with Crippen molar-refractivity contribution in [1.82, 2.24) is 0 Å². The smallest absolute Gasteiger partial charge is 0.326 e. The molecule has 0 radical (unpaired) electrons. The summed E-state index contributed by atoms with van der Waals surface area (Å²) in [6.45, 7) is 0.221. The fourth-order valence-corrected chi connectivity index (χ4v) is 1.94. The van der Waals surface area contributed by atoms with Crippen molar-refractivity contribution in [2.75, 3.05) is 24.1 Å². The van der Waals surface area contributed by atoms with E-state index < -0.39 is 0 Å². The molecule has 1 aliphatic heterocycles. The normalized spacial score (nSPS) is 12.1. The van der Waals surface area contributed by atoms with Crippen molar-refractivity contribution in [1.29, 1.82) is 0 Å². The maximum Gasteiger partial charge on any atom is 0.326 e. The van der Waals surface area contributed by atoms with E-state index in [0.717, 1.165) is 11.4 Å². The van der Waals surface area contributed by atoms with E-state index in [1.807, 2.05) is 36.4 Å². The number of carbonyl (C=O) groups excluding carboxylic acids is 1. The minimum Gasteiger partial charge on any atom is -0.454 e. The lowest BCUT2D eigenvalue weighted by molar-refractivity contribution is 0.174. The average molecular weight is 270 g/mol. The molecule has 0 saturated carbocycles. The van der Waals surface area contributed by atoms with Gasteiger partial charge in [-0.05, 0) is 24.3 Å². The van der Waals surface area contributed by atoms with E-state index in [4.69, 9.17) is 9.47 Å². The van der Waals surface area contributed by atoms with Crippen LogP contribution in [0.3, 0.4) is 0 Å². The first-order chi connectivity index (χ1) is 9.74. The van der Waals surface area contributed by atoms with Gasteiger partial charge in [0, 0.05) is 24.5 Å². The predicted octanol–water partition coefficient (Wildman–Crippen LogP) is 3.08. The quantitative estimate of drug-likeness (QED) is 0.912. The van der Waals surface area contributed by atoms with E-state index in [-0.39, 0.29) is 12.8 Å². The van der Waals surface area contributed by atoms with Gasteiger partial charge >= 0.3 is 6.03 Å². The molecule has 1 aliphatic rings. The van der Waals surface area contributed by atoms with Crippen LogP contribution in [0, 0.1) is 0 Å². The van der Waals surface area contributed by atoms with Crippen molar-refractivity contribution in [2.45, 2.75) is 0 Å². The van der Waals surface area contributed by atoms with Gasteiger partial charge in [-0.3, -0.25) is 4.90 Å². The molecule has 0 bridgehead atoms. The van der Waals surface area contributed by atoms with Crippen molar-refractivity contribution in [2.24, 2.45) is 0 Å². The first kappa shape index (κ1) is 12.3. The summed E-state index contributed by atoms with van der Waals surface area (Å²) in [4.78, 5) is 13.7. The summed E-state index contributed by atoms with van der Waals surface area (Å²) in [6, 6.07) is 14.5. The summed E-state index contributed by atoms with van der Waals surface area (Å²) < 4.78 is 10.6. The van der Waals surface area contributed by atoms with E-state index in [1.165, 1.54) is 4.90 Å². The Morgan fingerprint density at radius 1 is 1.10 bits per heavy atom. The van der Waals surface area contributed by atoms with Crippen LogP contribution in [0.2, 0.25) is 0 Å². The van der Waals surface area contributed by atoms with Crippen LogP contribution >= 0.6 is 0 Å². The lowest BCUT2D eigenvalue weighted by Gasteiger charge is -2.18. The molecule has 0 fully saturated rings. The average Bonchev–Trinajstić information content (AvgIpc) is 2.94. The molecule has 0 saturated heterocycles. The van der Waals surface area contributed by atoms with E-state index in [9.17, 15) is 4.79 Å². The van der Waals surface area contributed by atoms with Gasteiger partial charge < -0.3 is 14.8 Å². The van der Waals surface area contributed by atoms with Crippen LogP contribution in [0.5, 0.6) is 11.5 Å². The van der Waals surface area contributed by atoms with Crippen LogP contribution in [0.15, 0.2) is 48.5 Å². The summed E-state index contributed by atoms with van der Waals surface area (Å²) in [6.07, 6.45) is 0. The first-order valence-corrected chi connectivity index (χ1v) is 6.23. The fourth-order valence-electron chi connectivity index (χ4n) is 1.94. The predicted molar refractivity (Wildman–Crippen MR) is 76.4 cm³/mol. The Morgan fingerprint density at radius 2 is 1.85 bits per heavy atom. The zero-order chi connectivity index (χ0) is 13.9. The molecule has 2 aromatic rings. The molecule has 2 aromatic carbocycles.